The molecule has 0 saturated carbocycles. The van der Waals surface area contributed by atoms with E-state index in [9.17, 15) is 26.7 Å². The summed E-state index contributed by atoms with van der Waals surface area (Å²) in [5, 5.41) is 19.8. The van der Waals surface area contributed by atoms with Gasteiger partial charge in [0.05, 0.1) is 28.2 Å². The minimum Gasteiger partial charge on any atom is -0.505 e. The van der Waals surface area contributed by atoms with E-state index in [4.69, 9.17) is 5.11 Å². The quantitative estimate of drug-likeness (QED) is 0.489. The number of fused-ring (bicyclic) bond motifs is 2. The minimum atomic E-state index is -3.99. The van der Waals surface area contributed by atoms with E-state index >= 15 is 0 Å². The van der Waals surface area contributed by atoms with Crippen LogP contribution in [0.2, 0.25) is 0 Å². The van der Waals surface area contributed by atoms with Gasteiger partial charge in [0.15, 0.2) is 5.75 Å². The number of hydrogen-bond donors (Lipinski definition) is 3. The van der Waals surface area contributed by atoms with Gasteiger partial charge in [-0.3, -0.25) is 8.98 Å². The highest BCUT2D eigenvalue weighted by Crippen LogP contribution is 2.36. The number of aromatic hydroxyl groups is 1. The second kappa shape index (κ2) is 6.74. The predicted octanol–water partition coefficient (Wildman–Crippen LogP) is 1.25. The topological polar surface area (TPSA) is 163 Å². The van der Waals surface area contributed by atoms with Crippen LogP contribution in [0.25, 0.3) is 10.9 Å². The van der Waals surface area contributed by atoms with Gasteiger partial charge >= 0.3 is 0 Å². The average Bonchev–Trinajstić information content (AvgIpc) is 3.24. The van der Waals surface area contributed by atoms with E-state index in [0.29, 0.717) is 5.52 Å². The van der Waals surface area contributed by atoms with E-state index < -0.39 is 31.7 Å². The lowest BCUT2D eigenvalue weighted by Crippen LogP contribution is -2.12. The van der Waals surface area contributed by atoms with Crippen molar-refractivity contribution in [2.75, 3.05) is 13.0 Å². The van der Waals surface area contributed by atoms with Gasteiger partial charge in [0, 0.05) is 10.9 Å². The van der Waals surface area contributed by atoms with Crippen molar-refractivity contribution >= 4 is 48.0 Å². The molecule has 0 bridgehead atoms. The highest BCUT2D eigenvalue weighted by atomic mass is 32.2. The van der Waals surface area contributed by atoms with Gasteiger partial charge in [-0.25, -0.2) is 13.4 Å². The van der Waals surface area contributed by atoms with E-state index in [1.807, 2.05) is 0 Å². The number of carbonyl (C=O) groups is 1. The first-order valence-corrected chi connectivity index (χ1v) is 11.4. The van der Waals surface area contributed by atoms with Crippen LogP contribution in [0.4, 0.5) is 5.69 Å². The Morgan fingerprint density at radius 2 is 1.77 bits per heavy atom. The van der Waals surface area contributed by atoms with E-state index in [1.165, 1.54) is 30.3 Å². The third-order valence-electron chi connectivity index (χ3n) is 4.68. The zero-order valence-electron chi connectivity index (χ0n) is 15.3. The molecule has 0 spiro atoms. The average molecular weight is 450 g/mol. The molecule has 0 amide bonds. The molecular weight excluding hydrogens is 436 g/mol. The lowest BCUT2D eigenvalue weighted by atomic mass is 10.1. The van der Waals surface area contributed by atoms with Crippen molar-refractivity contribution in [2.24, 2.45) is 4.99 Å². The maximum atomic E-state index is 12.8. The van der Waals surface area contributed by atoms with Gasteiger partial charge in [-0.2, -0.15) is 8.42 Å². The van der Waals surface area contributed by atoms with Gasteiger partial charge in [-0.05, 0) is 36.4 Å². The van der Waals surface area contributed by atoms with Crippen LogP contribution in [0, 0.1) is 0 Å². The first-order valence-electron chi connectivity index (χ1n) is 8.36. The number of Topliss-reactive ketones (excluding diaryl/α,β-unsaturated/α-hetero) is 1. The number of nitrogens with zero attached hydrogens (tertiary/aromatic N) is 1. The number of rotatable bonds is 5. The second-order valence-electron chi connectivity index (χ2n) is 6.39. The smallest absolute Gasteiger partial charge is 0.296 e. The van der Waals surface area contributed by atoms with Crippen molar-refractivity contribution in [3.05, 3.63) is 47.7 Å². The summed E-state index contributed by atoms with van der Waals surface area (Å²) in [6, 6.07) is 7.54. The van der Waals surface area contributed by atoms with Crippen LogP contribution in [0.3, 0.4) is 0 Å². The molecule has 156 valence electrons. The monoisotopic (exact) mass is 450 g/mol. The summed E-state index contributed by atoms with van der Waals surface area (Å²) in [6.07, 6.45) is 0. The maximum Gasteiger partial charge on any atom is 0.296 e. The van der Waals surface area contributed by atoms with Crippen LogP contribution >= 0.6 is 0 Å². The van der Waals surface area contributed by atoms with Gasteiger partial charge in [-0.15, -0.1) is 0 Å². The zero-order valence-corrected chi connectivity index (χ0v) is 16.9. The summed E-state index contributed by atoms with van der Waals surface area (Å²) >= 11 is 0. The molecule has 0 atom stereocenters. The third-order valence-corrected chi connectivity index (χ3v) is 7.26. The number of hydrogen-bond acceptors (Lipinski definition) is 9. The molecule has 0 aliphatic carbocycles. The molecule has 1 aliphatic heterocycles. The van der Waals surface area contributed by atoms with Crippen molar-refractivity contribution in [2.45, 2.75) is 9.79 Å². The second-order valence-corrected chi connectivity index (χ2v) is 10.1. The number of benzene rings is 2. The zero-order chi connectivity index (χ0) is 21.8. The molecule has 4 rings (SSSR count). The van der Waals surface area contributed by atoms with Gasteiger partial charge < -0.3 is 15.2 Å². The molecule has 10 nitrogen and oxygen atoms in total. The van der Waals surface area contributed by atoms with Crippen molar-refractivity contribution < 1.29 is 36.0 Å². The van der Waals surface area contributed by atoms with E-state index in [2.05, 4.69) is 14.2 Å². The van der Waals surface area contributed by atoms with Gasteiger partial charge in [-0.1, -0.05) is 0 Å². The SMILES string of the molecule is COS(=O)(=O)c1ccc2[nH]c(C3=Nc4ccc(S(=O)(=O)CO)cc4C3=O)c(O)c2c1. The molecule has 3 aromatic rings. The largest absolute Gasteiger partial charge is 0.505 e. The summed E-state index contributed by atoms with van der Waals surface area (Å²) < 4.78 is 52.0. The van der Waals surface area contributed by atoms with E-state index in [1.54, 1.807) is 0 Å². The Balaban J connectivity index is 1.81. The Morgan fingerprint density at radius 3 is 2.43 bits per heavy atom. The number of ketones is 1. The standard InChI is InChI=1S/C18H14N2O8S2/c1-28-30(26,27)10-3-5-14-12(7-10)18(23)16(20-14)15-17(22)11-6-9(29(24,25)8-21)2-4-13(11)19-15/h2-7,20-21,23H,8H2,1H3. The Labute approximate surface area is 170 Å². The van der Waals surface area contributed by atoms with Crippen LogP contribution in [0.15, 0.2) is 51.2 Å². The molecule has 2 aromatic carbocycles. The van der Waals surface area contributed by atoms with Gasteiger partial charge in [0.2, 0.25) is 15.6 Å². The highest BCUT2D eigenvalue weighted by Gasteiger charge is 2.31. The normalized spacial score (nSPS) is 14.2. The maximum absolute atomic E-state index is 12.8. The molecule has 12 heteroatoms. The number of aromatic amines is 1. The molecule has 0 unspecified atom stereocenters. The fourth-order valence-electron chi connectivity index (χ4n) is 3.11. The predicted molar refractivity (Wildman–Crippen MR) is 105 cm³/mol. The minimum absolute atomic E-state index is 0.000214. The number of aliphatic imine (C=N–C) groups is 1. The number of sulfone groups is 1. The lowest BCUT2D eigenvalue weighted by Gasteiger charge is -2.02. The number of aromatic nitrogens is 1. The highest BCUT2D eigenvalue weighted by molar-refractivity contribution is 7.91. The first kappa shape index (κ1) is 20.2. The van der Waals surface area contributed by atoms with Gasteiger partial charge in [0.25, 0.3) is 10.1 Å². The van der Waals surface area contributed by atoms with Crippen LogP contribution in [0.1, 0.15) is 16.1 Å². The number of H-pyrrole nitrogens is 1. The molecular formula is C18H14N2O8S2. The van der Waals surface area contributed by atoms with Crippen molar-refractivity contribution in [1.29, 1.82) is 0 Å². The number of carbonyl (C=O) groups excluding carboxylic acids is 1. The van der Waals surface area contributed by atoms with E-state index in [0.717, 1.165) is 13.2 Å². The number of aliphatic hydroxyl groups is 1. The molecule has 1 aliphatic rings. The fraction of sp³-hybridized carbons (Fsp3) is 0.111. The Hall–Kier alpha value is -3.06. The molecule has 1 aromatic heterocycles. The lowest BCUT2D eigenvalue weighted by molar-refractivity contribution is 0.106. The molecule has 0 radical (unpaired) electrons. The summed E-state index contributed by atoms with van der Waals surface area (Å²) in [4.78, 5) is 19.4. The van der Waals surface area contributed by atoms with E-state index in [-0.39, 0.29) is 43.6 Å². The fourth-order valence-corrected chi connectivity index (χ4v) is 4.52. The number of aliphatic hydroxyl groups excluding tert-OH is 1. The summed E-state index contributed by atoms with van der Waals surface area (Å²) in [5.41, 5.74) is 0.360. The van der Waals surface area contributed by atoms with Crippen LogP contribution < -0.4 is 0 Å². The molecule has 0 fully saturated rings. The summed E-state index contributed by atoms with van der Waals surface area (Å²) in [5.74, 6) is -2.13. The Kier molecular flexibility index (Phi) is 4.54. The van der Waals surface area contributed by atoms with Crippen molar-refractivity contribution in [3.63, 3.8) is 0 Å². The van der Waals surface area contributed by atoms with Crippen molar-refractivity contribution in [3.8, 4) is 5.75 Å². The molecule has 2 heterocycles. The Morgan fingerprint density at radius 1 is 1.07 bits per heavy atom. The van der Waals surface area contributed by atoms with Crippen LogP contribution in [-0.2, 0) is 24.1 Å². The van der Waals surface area contributed by atoms with Gasteiger partial charge in [0.1, 0.15) is 17.3 Å². The molecule has 3 N–H and O–H groups in total. The first-order chi connectivity index (χ1) is 14.1. The summed E-state index contributed by atoms with van der Waals surface area (Å²) in [6.45, 7) is 0. The van der Waals surface area contributed by atoms with Crippen LogP contribution in [-0.4, -0.2) is 56.6 Å². The Bertz CT molecular complexity index is 1470. The third kappa shape index (κ3) is 3.01. The summed E-state index contributed by atoms with van der Waals surface area (Å²) in [7, 11) is -6.93. The van der Waals surface area contributed by atoms with Crippen LogP contribution in [0.5, 0.6) is 5.75 Å². The van der Waals surface area contributed by atoms with Crippen molar-refractivity contribution in [1.82, 2.24) is 4.98 Å². The number of nitrogens with one attached hydrogen (secondary N) is 1. The molecule has 0 saturated heterocycles. The molecule has 30 heavy (non-hydrogen) atoms.